The summed E-state index contributed by atoms with van der Waals surface area (Å²) in [6.45, 7) is 0. The van der Waals surface area contributed by atoms with Crippen LogP contribution in [0.5, 0.6) is 5.75 Å². The fraction of sp³-hybridized carbons (Fsp3) is 0.368. The second-order valence-corrected chi connectivity index (χ2v) is 5.89. The minimum Gasteiger partial charge on any atom is -0.497 e. The highest BCUT2D eigenvalue weighted by atomic mass is 16.5. The summed E-state index contributed by atoms with van der Waals surface area (Å²) in [5, 5.41) is 11.0. The molecule has 2 nitrogen and oxygen atoms in total. The molecule has 0 spiro atoms. The molecule has 2 heteroatoms. The molecule has 1 atom stereocenters. The number of rotatable bonds is 5. The first-order chi connectivity index (χ1) is 10.2. The van der Waals surface area contributed by atoms with Gasteiger partial charge in [0.15, 0.2) is 0 Å². The lowest BCUT2D eigenvalue weighted by Gasteiger charge is -2.24. The summed E-state index contributed by atoms with van der Waals surface area (Å²) in [7, 11) is 1.67. The van der Waals surface area contributed by atoms with Crippen LogP contribution in [0, 0.1) is 0 Å². The number of hydrogen-bond donors (Lipinski definition) is 1. The van der Waals surface area contributed by atoms with E-state index in [1.54, 1.807) is 7.11 Å². The van der Waals surface area contributed by atoms with Crippen molar-refractivity contribution in [3.63, 3.8) is 0 Å². The van der Waals surface area contributed by atoms with Crippen molar-refractivity contribution in [3.8, 4) is 5.75 Å². The van der Waals surface area contributed by atoms with Crippen LogP contribution in [0.1, 0.15) is 36.0 Å². The Hall–Kier alpha value is -1.80. The summed E-state index contributed by atoms with van der Waals surface area (Å²) in [5.41, 5.74) is 2.98. The highest BCUT2D eigenvalue weighted by molar-refractivity contribution is 5.42. The van der Waals surface area contributed by atoms with E-state index in [0.717, 1.165) is 43.4 Å². The van der Waals surface area contributed by atoms with E-state index in [9.17, 15) is 5.11 Å². The van der Waals surface area contributed by atoms with Crippen LogP contribution in [0.25, 0.3) is 0 Å². The van der Waals surface area contributed by atoms with E-state index in [2.05, 4.69) is 30.3 Å². The molecule has 0 saturated carbocycles. The number of hydrogen-bond acceptors (Lipinski definition) is 2. The number of methoxy groups -OCH3 is 1. The fourth-order valence-electron chi connectivity index (χ4n) is 3.30. The molecule has 0 amide bonds. The summed E-state index contributed by atoms with van der Waals surface area (Å²) < 4.78 is 5.30. The van der Waals surface area contributed by atoms with Gasteiger partial charge in [0.05, 0.1) is 12.7 Å². The standard InChI is InChI=1S/C19H22O2/c1-21-17-10-9-16-11-13-19(20,18(16)14-17)12-5-8-15-6-3-2-4-7-15/h2-4,6-7,9-10,14,20H,5,8,11-13H2,1H3. The molecule has 1 unspecified atom stereocenters. The summed E-state index contributed by atoms with van der Waals surface area (Å²) in [6.07, 6.45) is 4.60. The molecule has 0 aliphatic heterocycles. The monoisotopic (exact) mass is 282 g/mol. The minimum atomic E-state index is -0.682. The van der Waals surface area contributed by atoms with E-state index in [1.807, 2.05) is 18.2 Å². The van der Waals surface area contributed by atoms with Gasteiger partial charge in [-0.05, 0) is 60.9 Å². The molecule has 0 aromatic heterocycles. The van der Waals surface area contributed by atoms with Gasteiger partial charge < -0.3 is 9.84 Å². The second-order valence-electron chi connectivity index (χ2n) is 5.89. The molecule has 0 heterocycles. The Morgan fingerprint density at radius 2 is 1.95 bits per heavy atom. The van der Waals surface area contributed by atoms with Gasteiger partial charge in [-0.15, -0.1) is 0 Å². The van der Waals surface area contributed by atoms with Gasteiger partial charge in [-0.25, -0.2) is 0 Å². The molecular formula is C19H22O2. The first kappa shape index (κ1) is 14.2. The number of aliphatic hydroxyl groups is 1. The average molecular weight is 282 g/mol. The topological polar surface area (TPSA) is 29.5 Å². The van der Waals surface area contributed by atoms with Crippen molar-refractivity contribution in [1.29, 1.82) is 0 Å². The van der Waals surface area contributed by atoms with E-state index in [0.29, 0.717) is 0 Å². The average Bonchev–Trinajstić information content (AvgIpc) is 2.85. The summed E-state index contributed by atoms with van der Waals surface area (Å²) in [5.74, 6) is 0.831. The largest absolute Gasteiger partial charge is 0.497 e. The van der Waals surface area contributed by atoms with Crippen molar-refractivity contribution in [2.75, 3.05) is 7.11 Å². The molecule has 21 heavy (non-hydrogen) atoms. The van der Waals surface area contributed by atoms with Gasteiger partial charge in [-0.3, -0.25) is 0 Å². The molecule has 0 radical (unpaired) electrons. The van der Waals surface area contributed by atoms with Gasteiger partial charge >= 0.3 is 0 Å². The lowest BCUT2D eigenvalue weighted by molar-refractivity contribution is 0.0273. The number of benzene rings is 2. The zero-order chi connectivity index (χ0) is 14.7. The van der Waals surface area contributed by atoms with E-state index in [-0.39, 0.29) is 0 Å². The Morgan fingerprint density at radius 1 is 1.14 bits per heavy atom. The summed E-state index contributed by atoms with van der Waals surface area (Å²) in [6, 6.07) is 16.5. The maximum atomic E-state index is 11.0. The van der Waals surface area contributed by atoms with Crippen molar-refractivity contribution >= 4 is 0 Å². The maximum absolute atomic E-state index is 11.0. The third-order valence-corrected chi connectivity index (χ3v) is 4.52. The van der Waals surface area contributed by atoms with Crippen LogP contribution in [0.3, 0.4) is 0 Å². The van der Waals surface area contributed by atoms with Crippen LogP contribution in [0.15, 0.2) is 48.5 Å². The van der Waals surface area contributed by atoms with Gasteiger partial charge in [0, 0.05) is 0 Å². The Bertz CT molecular complexity index is 606. The van der Waals surface area contributed by atoms with Crippen LogP contribution >= 0.6 is 0 Å². The van der Waals surface area contributed by atoms with E-state index in [1.165, 1.54) is 11.1 Å². The maximum Gasteiger partial charge on any atom is 0.119 e. The zero-order valence-corrected chi connectivity index (χ0v) is 12.5. The quantitative estimate of drug-likeness (QED) is 0.902. The van der Waals surface area contributed by atoms with Crippen molar-refractivity contribution in [3.05, 3.63) is 65.2 Å². The molecule has 0 saturated heterocycles. The van der Waals surface area contributed by atoms with Crippen LogP contribution in [0.2, 0.25) is 0 Å². The predicted molar refractivity (Wildman–Crippen MR) is 84.6 cm³/mol. The molecule has 3 rings (SSSR count). The Balaban J connectivity index is 1.69. The molecule has 1 aliphatic carbocycles. The number of fused-ring (bicyclic) bond motifs is 1. The highest BCUT2D eigenvalue weighted by Gasteiger charge is 2.36. The van der Waals surface area contributed by atoms with Crippen LogP contribution < -0.4 is 4.74 Å². The number of aryl methyl sites for hydroxylation is 2. The lowest BCUT2D eigenvalue weighted by atomic mass is 9.89. The van der Waals surface area contributed by atoms with Gasteiger partial charge in [0.1, 0.15) is 5.75 Å². The third kappa shape index (κ3) is 2.96. The van der Waals surface area contributed by atoms with Crippen LogP contribution in [0.4, 0.5) is 0 Å². The van der Waals surface area contributed by atoms with Crippen molar-refractivity contribution < 1.29 is 9.84 Å². The van der Waals surface area contributed by atoms with Crippen molar-refractivity contribution in [1.82, 2.24) is 0 Å². The van der Waals surface area contributed by atoms with E-state index >= 15 is 0 Å². The van der Waals surface area contributed by atoms with Crippen LogP contribution in [-0.2, 0) is 18.4 Å². The SMILES string of the molecule is COc1ccc2c(c1)C(O)(CCCc1ccccc1)CC2. The molecule has 1 N–H and O–H groups in total. The molecule has 2 aromatic rings. The smallest absolute Gasteiger partial charge is 0.119 e. The molecule has 1 aliphatic rings. The first-order valence-corrected chi connectivity index (χ1v) is 7.65. The van der Waals surface area contributed by atoms with Gasteiger partial charge in [-0.2, -0.15) is 0 Å². The Labute approximate surface area is 126 Å². The Kier molecular flexibility index (Phi) is 3.98. The molecule has 110 valence electrons. The van der Waals surface area contributed by atoms with Gasteiger partial charge in [-0.1, -0.05) is 36.4 Å². The van der Waals surface area contributed by atoms with E-state index in [4.69, 9.17) is 4.74 Å². The molecular weight excluding hydrogens is 260 g/mol. The summed E-state index contributed by atoms with van der Waals surface area (Å²) in [4.78, 5) is 0. The van der Waals surface area contributed by atoms with Gasteiger partial charge in [0.2, 0.25) is 0 Å². The fourth-order valence-corrected chi connectivity index (χ4v) is 3.30. The first-order valence-electron chi connectivity index (χ1n) is 7.65. The third-order valence-electron chi connectivity index (χ3n) is 4.52. The lowest BCUT2D eigenvalue weighted by Crippen LogP contribution is -2.22. The predicted octanol–water partition coefficient (Wildman–Crippen LogP) is 3.85. The Morgan fingerprint density at radius 3 is 2.71 bits per heavy atom. The van der Waals surface area contributed by atoms with Crippen molar-refractivity contribution in [2.45, 2.75) is 37.7 Å². The minimum absolute atomic E-state index is 0.682. The van der Waals surface area contributed by atoms with Crippen LogP contribution in [-0.4, -0.2) is 12.2 Å². The number of ether oxygens (including phenoxy) is 1. The molecule has 2 aromatic carbocycles. The molecule has 0 fully saturated rings. The van der Waals surface area contributed by atoms with Gasteiger partial charge in [0.25, 0.3) is 0 Å². The normalized spacial score (nSPS) is 20.3. The highest BCUT2D eigenvalue weighted by Crippen LogP contribution is 2.41. The summed E-state index contributed by atoms with van der Waals surface area (Å²) >= 11 is 0. The van der Waals surface area contributed by atoms with E-state index < -0.39 is 5.60 Å². The second kappa shape index (κ2) is 5.90. The zero-order valence-electron chi connectivity index (χ0n) is 12.5. The van der Waals surface area contributed by atoms with Crippen molar-refractivity contribution in [2.24, 2.45) is 0 Å². The molecule has 0 bridgehead atoms.